The van der Waals surface area contributed by atoms with E-state index in [-0.39, 0.29) is 11.8 Å². The number of hydrogen-bond acceptors (Lipinski definition) is 3. The van der Waals surface area contributed by atoms with Crippen LogP contribution in [0.2, 0.25) is 0 Å². The van der Waals surface area contributed by atoms with Crippen LogP contribution in [0.25, 0.3) is 0 Å². The summed E-state index contributed by atoms with van der Waals surface area (Å²) in [5, 5.41) is 11.1. The van der Waals surface area contributed by atoms with E-state index in [9.17, 15) is 4.79 Å². The van der Waals surface area contributed by atoms with Gasteiger partial charge in [0.2, 0.25) is 5.91 Å². The largest absolute Gasteiger partial charge is 0.326 e. The lowest BCUT2D eigenvalue weighted by atomic mass is 10.2. The number of amides is 1. The van der Waals surface area contributed by atoms with Gasteiger partial charge in [-0.25, -0.2) is 0 Å². The molecule has 0 aliphatic rings. The number of nitrogens with one attached hydrogen (secondary N) is 1. The zero-order valence-corrected chi connectivity index (χ0v) is 11.6. The molecule has 4 nitrogen and oxygen atoms in total. The molecule has 0 aromatic heterocycles. The third-order valence-electron chi connectivity index (χ3n) is 2.70. The summed E-state index contributed by atoms with van der Waals surface area (Å²) in [7, 11) is 0. The highest BCUT2D eigenvalue weighted by Crippen LogP contribution is 2.20. The summed E-state index contributed by atoms with van der Waals surface area (Å²) in [5.41, 5.74) is 2.32. The molecule has 0 aliphatic carbocycles. The zero-order chi connectivity index (χ0) is 14.4. The molecule has 1 N–H and O–H groups in total. The van der Waals surface area contributed by atoms with Crippen LogP contribution in [0.3, 0.4) is 0 Å². The lowest BCUT2D eigenvalue weighted by molar-refractivity contribution is -0.118. The standard InChI is InChI=1S/C16H17N3O/c1-12(2)16(20)17-13-8-10-15(11-9-13)19-18-14-6-4-3-5-7-14/h3-12H,1-2H3,(H,17,20). The highest BCUT2D eigenvalue weighted by atomic mass is 16.1. The Morgan fingerprint density at radius 3 is 2.00 bits per heavy atom. The van der Waals surface area contributed by atoms with Crippen LogP contribution in [-0.4, -0.2) is 5.91 Å². The van der Waals surface area contributed by atoms with Crippen molar-refractivity contribution in [1.82, 2.24) is 0 Å². The summed E-state index contributed by atoms with van der Waals surface area (Å²) < 4.78 is 0. The topological polar surface area (TPSA) is 53.8 Å². The molecule has 2 aromatic rings. The van der Waals surface area contributed by atoms with Crippen molar-refractivity contribution >= 4 is 23.0 Å². The zero-order valence-electron chi connectivity index (χ0n) is 11.6. The number of benzene rings is 2. The average Bonchev–Trinajstić information content (AvgIpc) is 2.47. The molecule has 0 fully saturated rings. The first kappa shape index (κ1) is 13.9. The quantitative estimate of drug-likeness (QED) is 0.802. The number of hydrogen-bond donors (Lipinski definition) is 1. The van der Waals surface area contributed by atoms with Gasteiger partial charge >= 0.3 is 0 Å². The van der Waals surface area contributed by atoms with Gasteiger partial charge in [0.05, 0.1) is 11.4 Å². The number of anilines is 1. The maximum atomic E-state index is 11.6. The molecular weight excluding hydrogens is 250 g/mol. The van der Waals surface area contributed by atoms with Crippen LogP contribution in [0.5, 0.6) is 0 Å². The van der Waals surface area contributed by atoms with Gasteiger partial charge < -0.3 is 5.32 Å². The van der Waals surface area contributed by atoms with Crippen LogP contribution in [0, 0.1) is 5.92 Å². The second kappa shape index (κ2) is 6.61. The highest BCUT2D eigenvalue weighted by Gasteiger charge is 2.06. The van der Waals surface area contributed by atoms with Crippen LogP contribution in [0.15, 0.2) is 64.8 Å². The second-order valence-electron chi connectivity index (χ2n) is 4.73. The Hall–Kier alpha value is -2.49. The van der Waals surface area contributed by atoms with Crippen molar-refractivity contribution in [2.24, 2.45) is 16.1 Å². The van der Waals surface area contributed by atoms with E-state index in [1.807, 2.05) is 68.4 Å². The SMILES string of the molecule is CC(C)C(=O)Nc1ccc(N=Nc2ccccc2)cc1. The van der Waals surface area contributed by atoms with Crippen LogP contribution >= 0.6 is 0 Å². The molecule has 20 heavy (non-hydrogen) atoms. The summed E-state index contributed by atoms with van der Waals surface area (Å²) in [6, 6.07) is 16.8. The fourth-order valence-corrected chi connectivity index (χ4v) is 1.51. The van der Waals surface area contributed by atoms with Crippen LogP contribution in [0.1, 0.15) is 13.8 Å². The van der Waals surface area contributed by atoms with Crippen LogP contribution < -0.4 is 5.32 Å². The van der Waals surface area contributed by atoms with E-state index in [0.29, 0.717) is 0 Å². The summed E-state index contributed by atoms with van der Waals surface area (Å²) >= 11 is 0. The van der Waals surface area contributed by atoms with E-state index >= 15 is 0 Å². The van der Waals surface area contributed by atoms with E-state index in [1.165, 1.54) is 0 Å². The molecule has 0 unspecified atom stereocenters. The lowest BCUT2D eigenvalue weighted by Crippen LogP contribution is -2.17. The molecule has 0 saturated heterocycles. The lowest BCUT2D eigenvalue weighted by Gasteiger charge is -2.07. The third-order valence-corrected chi connectivity index (χ3v) is 2.70. The van der Waals surface area contributed by atoms with Gasteiger partial charge in [0.25, 0.3) is 0 Å². The van der Waals surface area contributed by atoms with Gasteiger partial charge in [0.15, 0.2) is 0 Å². The van der Waals surface area contributed by atoms with Gasteiger partial charge in [-0.05, 0) is 36.4 Å². The Morgan fingerprint density at radius 2 is 1.45 bits per heavy atom. The molecule has 1 amide bonds. The summed E-state index contributed by atoms with van der Waals surface area (Å²) in [5.74, 6) is -0.0314. The van der Waals surface area contributed by atoms with E-state index < -0.39 is 0 Å². The fraction of sp³-hybridized carbons (Fsp3) is 0.188. The van der Waals surface area contributed by atoms with Gasteiger partial charge in [-0.3, -0.25) is 4.79 Å². The number of carbonyl (C=O) groups is 1. The molecule has 2 rings (SSSR count). The van der Waals surface area contributed by atoms with Gasteiger partial charge in [-0.15, -0.1) is 0 Å². The minimum atomic E-state index is -0.0348. The number of rotatable bonds is 4. The molecule has 0 spiro atoms. The van der Waals surface area contributed by atoms with Crippen LogP contribution in [-0.2, 0) is 4.79 Å². The van der Waals surface area contributed by atoms with Gasteiger partial charge in [0, 0.05) is 11.6 Å². The Morgan fingerprint density at radius 1 is 0.900 bits per heavy atom. The molecule has 0 saturated carbocycles. The molecule has 0 atom stereocenters. The Labute approximate surface area is 118 Å². The molecule has 0 heterocycles. The molecule has 0 bridgehead atoms. The number of nitrogens with zero attached hydrogens (tertiary/aromatic N) is 2. The third kappa shape index (κ3) is 4.02. The predicted octanol–water partition coefficient (Wildman–Crippen LogP) is 4.70. The fourth-order valence-electron chi connectivity index (χ4n) is 1.51. The van der Waals surface area contributed by atoms with E-state index in [1.54, 1.807) is 0 Å². The average molecular weight is 267 g/mol. The molecule has 0 aliphatic heterocycles. The number of azo groups is 1. The normalized spacial score (nSPS) is 10.9. The first-order chi connectivity index (χ1) is 9.65. The molecule has 2 aromatic carbocycles. The van der Waals surface area contributed by atoms with Crippen molar-refractivity contribution in [2.45, 2.75) is 13.8 Å². The maximum absolute atomic E-state index is 11.6. The van der Waals surface area contributed by atoms with Crippen molar-refractivity contribution in [3.8, 4) is 0 Å². The van der Waals surface area contributed by atoms with E-state index in [2.05, 4.69) is 15.5 Å². The smallest absolute Gasteiger partial charge is 0.226 e. The predicted molar refractivity (Wildman–Crippen MR) is 80.5 cm³/mol. The second-order valence-corrected chi connectivity index (χ2v) is 4.73. The van der Waals surface area contributed by atoms with Gasteiger partial charge in [-0.1, -0.05) is 32.0 Å². The van der Waals surface area contributed by atoms with Crippen molar-refractivity contribution in [2.75, 3.05) is 5.32 Å². The first-order valence-corrected chi connectivity index (χ1v) is 6.53. The summed E-state index contributed by atoms with van der Waals surface area (Å²) in [6.45, 7) is 3.72. The van der Waals surface area contributed by atoms with Crippen molar-refractivity contribution < 1.29 is 4.79 Å². The maximum Gasteiger partial charge on any atom is 0.226 e. The van der Waals surface area contributed by atoms with Crippen LogP contribution in [0.4, 0.5) is 17.1 Å². The molecule has 0 radical (unpaired) electrons. The Balaban J connectivity index is 2.02. The monoisotopic (exact) mass is 267 g/mol. The van der Waals surface area contributed by atoms with Gasteiger partial charge in [0.1, 0.15) is 0 Å². The Bertz CT molecular complexity index is 589. The minimum absolute atomic E-state index is 0.00339. The van der Waals surface area contributed by atoms with Crippen molar-refractivity contribution in [3.63, 3.8) is 0 Å². The minimum Gasteiger partial charge on any atom is -0.326 e. The Kier molecular flexibility index (Phi) is 4.60. The summed E-state index contributed by atoms with van der Waals surface area (Å²) in [6.07, 6.45) is 0. The molecule has 102 valence electrons. The number of carbonyl (C=O) groups excluding carboxylic acids is 1. The van der Waals surface area contributed by atoms with Crippen molar-refractivity contribution in [3.05, 3.63) is 54.6 Å². The highest BCUT2D eigenvalue weighted by molar-refractivity contribution is 5.92. The first-order valence-electron chi connectivity index (χ1n) is 6.53. The van der Waals surface area contributed by atoms with E-state index in [0.717, 1.165) is 17.1 Å². The van der Waals surface area contributed by atoms with Gasteiger partial charge in [-0.2, -0.15) is 10.2 Å². The molecular formula is C16H17N3O. The van der Waals surface area contributed by atoms with E-state index in [4.69, 9.17) is 0 Å². The van der Waals surface area contributed by atoms with Crippen molar-refractivity contribution in [1.29, 1.82) is 0 Å². The molecule has 4 heteroatoms. The summed E-state index contributed by atoms with van der Waals surface area (Å²) in [4.78, 5) is 11.6.